The minimum absolute atomic E-state index is 0.0849. The molecular formula is C25H18BrNO3S. The summed E-state index contributed by atoms with van der Waals surface area (Å²) in [4.78, 5) is 12.7. The average molecular weight is 492 g/mol. The second-order valence-corrected chi connectivity index (χ2v) is 10.4. The molecule has 154 valence electrons. The van der Waals surface area contributed by atoms with Gasteiger partial charge in [0.2, 0.25) is 10.0 Å². The molecule has 2 aliphatic carbocycles. The lowest BCUT2D eigenvalue weighted by molar-refractivity contribution is 0.104. The van der Waals surface area contributed by atoms with Crippen LogP contribution in [0.4, 0.5) is 5.69 Å². The first-order valence-corrected chi connectivity index (χ1v) is 12.4. The molecule has 0 heterocycles. The van der Waals surface area contributed by atoms with Crippen molar-refractivity contribution in [2.45, 2.75) is 5.41 Å². The van der Waals surface area contributed by atoms with Crippen LogP contribution in [-0.2, 0) is 15.4 Å². The van der Waals surface area contributed by atoms with Gasteiger partial charge in [-0.15, -0.1) is 0 Å². The standard InChI is InChI=1S/C25H18BrNO3S/c1-31(29,30)27(19-9-6-8-18(26)16-19)24-15-17-7-2-4-11-21(17)25(24)14-13-23(28)20-10-3-5-12-22(20)25/h2-16H,1H3/t25-/m0/s1. The van der Waals surface area contributed by atoms with Crippen LogP contribution >= 0.6 is 15.9 Å². The Kier molecular flexibility index (Phi) is 4.53. The number of hydrogen-bond donors (Lipinski definition) is 0. The molecule has 0 aromatic heterocycles. The molecule has 0 saturated carbocycles. The Balaban J connectivity index is 1.87. The molecular weight excluding hydrogens is 474 g/mol. The third kappa shape index (κ3) is 3.01. The number of ketones is 1. The van der Waals surface area contributed by atoms with E-state index in [4.69, 9.17) is 0 Å². The minimum Gasteiger partial charge on any atom is -0.289 e. The Morgan fingerprint density at radius 2 is 1.61 bits per heavy atom. The molecule has 0 N–H and O–H groups in total. The molecule has 0 amide bonds. The normalized spacial score (nSPS) is 19.2. The number of nitrogens with zero attached hydrogens (tertiary/aromatic N) is 1. The SMILES string of the molecule is CS(=O)(=O)N(C1=Cc2ccccc2[C@]12C=CC(=O)c1ccccc12)c1cccc(Br)c1. The molecule has 1 spiro atoms. The molecule has 6 heteroatoms. The minimum atomic E-state index is -3.70. The Hall–Kier alpha value is -2.96. The van der Waals surface area contributed by atoms with Gasteiger partial charge >= 0.3 is 0 Å². The molecule has 0 saturated heterocycles. The first kappa shape index (κ1) is 20.0. The smallest absolute Gasteiger partial charge is 0.236 e. The van der Waals surface area contributed by atoms with Gasteiger partial charge in [0.25, 0.3) is 0 Å². The molecule has 3 aromatic carbocycles. The molecule has 1 atom stereocenters. The van der Waals surface area contributed by atoms with Gasteiger partial charge in [-0.2, -0.15) is 0 Å². The third-order valence-electron chi connectivity index (χ3n) is 5.78. The summed E-state index contributed by atoms with van der Waals surface area (Å²) in [5.74, 6) is -0.0849. The Morgan fingerprint density at radius 1 is 0.903 bits per heavy atom. The molecule has 5 rings (SSSR count). The van der Waals surface area contributed by atoms with E-state index < -0.39 is 15.4 Å². The van der Waals surface area contributed by atoms with Crippen LogP contribution in [0.25, 0.3) is 6.08 Å². The molecule has 2 aliphatic rings. The van der Waals surface area contributed by atoms with E-state index in [1.807, 2.05) is 60.7 Å². The zero-order valence-electron chi connectivity index (χ0n) is 16.6. The molecule has 0 unspecified atom stereocenters. The summed E-state index contributed by atoms with van der Waals surface area (Å²) in [5.41, 5.74) is 3.44. The zero-order valence-corrected chi connectivity index (χ0v) is 19.0. The van der Waals surface area contributed by atoms with Crippen molar-refractivity contribution < 1.29 is 13.2 Å². The number of fused-ring (bicyclic) bond motifs is 4. The predicted molar refractivity (Wildman–Crippen MR) is 127 cm³/mol. The first-order valence-electron chi connectivity index (χ1n) is 9.73. The van der Waals surface area contributed by atoms with Crippen LogP contribution in [-0.4, -0.2) is 20.5 Å². The van der Waals surface area contributed by atoms with Crippen molar-refractivity contribution in [3.63, 3.8) is 0 Å². The summed E-state index contributed by atoms with van der Waals surface area (Å²) >= 11 is 3.46. The molecule has 0 bridgehead atoms. The Morgan fingerprint density at radius 3 is 2.35 bits per heavy atom. The van der Waals surface area contributed by atoms with Crippen LogP contribution in [0.3, 0.4) is 0 Å². The summed E-state index contributed by atoms with van der Waals surface area (Å²) in [6.07, 6.45) is 6.51. The van der Waals surface area contributed by atoms with Gasteiger partial charge in [-0.25, -0.2) is 12.7 Å². The second kappa shape index (κ2) is 7.04. The molecule has 3 aromatic rings. The lowest BCUT2D eigenvalue weighted by Crippen LogP contribution is -2.41. The van der Waals surface area contributed by atoms with Crippen LogP contribution in [0.2, 0.25) is 0 Å². The number of sulfonamides is 1. The summed E-state index contributed by atoms with van der Waals surface area (Å²) in [7, 11) is -3.70. The molecule has 31 heavy (non-hydrogen) atoms. The van der Waals surface area contributed by atoms with Gasteiger partial charge in [-0.3, -0.25) is 4.79 Å². The molecule has 0 fully saturated rings. The highest BCUT2D eigenvalue weighted by Crippen LogP contribution is 2.53. The van der Waals surface area contributed by atoms with Crippen molar-refractivity contribution in [1.29, 1.82) is 0 Å². The summed E-state index contributed by atoms with van der Waals surface area (Å²) in [5, 5.41) is 0. The number of anilines is 1. The zero-order chi connectivity index (χ0) is 21.8. The summed E-state index contributed by atoms with van der Waals surface area (Å²) < 4.78 is 28.5. The topological polar surface area (TPSA) is 54.5 Å². The van der Waals surface area contributed by atoms with Crippen molar-refractivity contribution in [2.75, 3.05) is 10.6 Å². The number of carbonyl (C=O) groups excluding carboxylic acids is 1. The van der Waals surface area contributed by atoms with Crippen LogP contribution < -0.4 is 4.31 Å². The van der Waals surface area contributed by atoms with E-state index in [2.05, 4.69) is 15.9 Å². The summed E-state index contributed by atoms with van der Waals surface area (Å²) in [6.45, 7) is 0. The average Bonchev–Trinajstić information content (AvgIpc) is 3.05. The van der Waals surface area contributed by atoms with Gasteiger partial charge in [0.05, 0.1) is 23.1 Å². The van der Waals surface area contributed by atoms with Gasteiger partial charge in [-0.05, 0) is 47.0 Å². The number of hydrogen-bond acceptors (Lipinski definition) is 3. The monoisotopic (exact) mass is 491 g/mol. The first-order chi connectivity index (χ1) is 14.8. The number of benzene rings is 3. The van der Waals surface area contributed by atoms with Crippen LogP contribution in [0.1, 0.15) is 27.0 Å². The Bertz CT molecular complexity index is 1410. The lowest BCUT2D eigenvalue weighted by Gasteiger charge is -2.39. The van der Waals surface area contributed by atoms with Crippen molar-refractivity contribution in [2.24, 2.45) is 0 Å². The number of halogens is 1. The van der Waals surface area contributed by atoms with E-state index in [9.17, 15) is 13.2 Å². The maximum atomic E-state index is 13.2. The second-order valence-electron chi connectivity index (χ2n) is 7.68. The highest BCUT2D eigenvalue weighted by Gasteiger charge is 2.49. The van der Waals surface area contributed by atoms with E-state index in [1.165, 1.54) is 10.6 Å². The van der Waals surface area contributed by atoms with E-state index in [0.29, 0.717) is 16.9 Å². The number of rotatable bonds is 3. The number of carbonyl (C=O) groups is 1. The predicted octanol–water partition coefficient (Wildman–Crippen LogP) is 5.31. The maximum Gasteiger partial charge on any atom is 0.236 e. The lowest BCUT2D eigenvalue weighted by atomic mass is 9.69. The largest absolute Gasteiger partial charge is 0.289 e. The van der Waals surface area contributed by atoms with Crippen LogP contribution in [0.5, 0.6) is 0 Å². The van der Waals surface area contributed by atoms with Crippen molar-refractivity contribution in [1.82, 2.24) is 0 Å². The summed E-state index contributed by atoms with van der Waals surface area (Å²) in [6, 6.07) is 22.5. The van der Waals surface area contributed by atoms with Crippen LogP contribution in [0, 0.1) is 0 Å². The van der Waals surface area contributed by atoms with Gasteiger partial charge in [0.1, 0.15) is 0 Å². The van der Waals surface area contributed by atoms with Crippen molar-refractivity contribution >= 4 is 43.5 Å². The van der Waals surface area contributed by atoms with E-state index in [-0.39, 0.29) is 5.78 Å². The fraction of sp³-hybridized carbons (Fsp3) is 0.0800. The van der Waals surface area contributed by atoms with E-state index in [0.717, 1.165) is 21.2 Å². The molecule has 0 radical (unpaired) electrons. The fourth-order valence-electron chi connectivity index (χ4n) is 4.59. The van der Waals surface area contributed by atoms with Gasteiger partial charge < -0.3 is 0 Å². The van der Waals surface area contributed by atoms with Crippen molar-refractivity contribution in [3.8, 4) is 0 Å². The maximum absolute atomic E-state index is 13.2. The van der Waals surface area contributed by atoms with E-state index in [1.54, 1.807) is 30.3 Å². The highest BCUT2D eigenvalue weighted by atomic mass is 79.9. The quantitative estimate of drug-likeness (QED) is 0.498. The third-order valence-corrected chi connectivity index (χ3v) is 7.34. The van der Waals surface area contributed by atoms with Crippen molar-refractivity contribution in [3.05, 3.63) is 117 Å². The Labute approximate surface area is 189 Å². The van der Waals surface area contributed by atoms with Crippen LogP contribution in [0.15, 0.2) is 95.1 Å². The fourth-order valence-corrected chi connectivity index (χ4v) is 6.03. The molecule has 4 nitrogen and oxygen atoms in total. The highest BCUT2D eigenvalue weighted by molar-refractivity contribution is 9.10. The van der Waals surface area contributed by atoms with Gasteiger partial charge in [0.15, 0.2) is 5.78 Å². The van der Waals surface area contributed by atoms with Gasteiger partial charge in [-0.1, -0.05) is 76.6 Å². The van der Waals surface area contributed by atoms with E-state index >= 15 is 0 Å². The van der Waals surface area contributed by atoms with Gasteiger partial charge in [0, 0.05) is 10.0 Å². The number of allylic oxidation sites excluding steroid dienone is 2. The molecule has 0 aliphatic heterocycles.